The lowest BCUT2D eigenvalue weighted by molar-refractivity contribution is -0.139. The first-order valence-corrected chi connectivity index (χ1v) is 8.72. The summed E-state index contributed by atoms with van der Waals surface area (Å²) in [7, 11) is -1.56. The molecule has 27 heavy (non-hydrogen) atoms. The number of anilines is 1. The molecule has 6 nitrogen and oxygen atoms in total. The van der Waals surface area contributed by atoms with E-state index in [0.717, 1.165) is 25.3 Å². The largest absolute Gasteiger partial charge is 0.419 e. The number of hydroxylamine groups is 1. The number of hydrogen-bond acceptors (Lipinski definition) is 4. The predicted molar refractivity (Wildman–Crippen MR) is 87.8 cm³/mol. The highest BCUT2D eigenvalue weighted by Gasteiger charge is 2.34. The quantitative estimate of drug-likeness (QED) is 0.611. The zero-order valence-electron chi connectivity index (χ0n) is 14.0. The summed E-state index contributed by atoms with van der Waals surface area (Å²) in [6, 6.07) is 6.69. The maximum absolute atomic E-state index is 13.3. The zero-order chi connectivity index (χ0) is 20.4. The molecule has 0 saturated carbocycles. The number of halogens is 4. The van der Waals surface area contributed by atoms with Crippen molar-refractivity contribution in [1.29, 1.82) is 0 Å². The second-order valence-electron chi connectivity index (χ2n) is 5.27. The molecular formula is C16H14F4N2O4S. The molecule has 2 aromatic rings. The smallest absolute Gasteiger partial charge is 0.322 e. The SMILES string of the molecule is CON(C)S(=O)(=O)c1ccc(C(=O)Nc2ccc(F)c(C(F)(F)F)c2)cc1. The predicted octanol–water partition coefficient (Wildman–Crippen LogP) is 3.28. The number of rotatable bonds is 5. The minimum atomic E-state index is -4.91. The molecule has 1 amide bonds. The van der Waals surface area contributed by atoms with Crippen LogP contribution in [0.3, 0.4) is 0 Å². The number of alkyl halides is 3. The molecule has 0 spiro atoms. The van der Waals surface area contributed by atoms with Crippen molar-refractivity contribution in [1.82, 2.24) is 4.47 Å². The topological polar surface area (TPSA) is 75.7 Å². The molecule has 0 aliphatic rings. The normalized spacial score (nSPS) is 12.3. The van der Waals surface area contributed by atoms with Gasteiger partial charge in [-0.15, -0.1) is 0 Å². The Kier molecular flexibility index (Phi) is 5.88. The molecule has 146 valence electrons. The highest BCUT2D eigenvalue weighted by atomic mass is 32.2. The lowest BCUT2D eigenvalue weighted by atomic mass is 10.1. The Balaban J connectivity index is 2.23. The summed E-state index contributed by atoms with van der Waals surface area (Å²) >= 11 is 0. The van der Waals surface area contributed by atoms with Crippen LogP contribution in [0.5, 0.6) is 0 Å². The molecule has 0 atom stereocenters. The summed E-state index contributed by atoms with van der Waals surface area (Å²) in [5, 5.41) is 2.20. The summed E-state index contributed by atoms with van der Waals surface area (Å²) in [6.07, 6.45) is -4.91. The fourth-order valence-corrected chi connectivity index (χ4v) is 3.02. The molecule has 0 aliphatic carbocycles. The maximum atomic E-state index is 13.3. The van der Waals surface area contributed by atoms with E-state index in [2.05, 4.69) is 10.2 Å². The van der Waals surface area contributed by atoms with Gasteiger partial charge in [0.2, 0.25) is 0 Å². The van der Waals surface area contributed by atoms with E-state index < -0.39 is 33.5 Å². The van der Waals surface area contributed by atoms with Gasteiger partial charge < -0.3 is 5.32 Å². The van der Waals surface area contributed by atoms with Gasteiger partial charge >= 0.3 is 6.18 Å². The van der Waals surface area contributed by atoms with Gasteiger partial charge in [-0.2, -0.15) is 13.2 Å². The van der Waals surface area contributed by atoms with Crippen molar-refractivity contribution in [3.63, 3.8) is 0 Å². The molecule has 11 heteroatoms. The molecule has 0 aliphatic heterocycles. The van der Waals surface area contributed by atoms with Crippen molar-refractivity contribution in [3.8, 4) is 0 Å². The van der Waals surface area contributed by atoms with Crippen LogP contribution in [0.15, 0.2) is 47.4 Å². The Morgan fingerprint density at radius 1 is 1.11 bits per heavy atom. The molecule has 0 saturated heterocycles. The number of benzene rings is 2. The molecule has 0 fully saturated rings. The number of hydrogen-bond donors (Lipinski definition) is 1. The molecular weight excluding hydrogens is 392 g/mol. The highest BCUT2D eigenvalue weighted by molar-refractivity contribution is 7.89. The van der Waals surface area contributed by atoms with Crippen LogP contribution in [0.4, 0.5) is 23.2 Å². The van der Waals surface area contributed by atoms with Gasteiger partial charge in [-0.1, -0.05) is 4.47 Å². The van der Waals surface area contributed by atoms with Gasteiger partial charge in [0.25, 0.3) is 15.9 Å². The van der Waals surface area contributed by atoms with Gasteiger partial charge in [0.1, 0.15) is 5.82 Å². The first kappa shape index (κ1) is 20.8. The third-order valence-electron chi connectivity index (χ3n) is 3.54. The van der Waals surface area contributed by atoms with E-state index in [9.17, 15) is 30.8 Å². The number of carbonyl (C=O) groups excluding carboxylic acids is 1. The molecule has 2 aromatic carbocycles. The molecule has 0 bridgehead atoms. The number of nitrogens with zero attached hydrogens (tertiary/aromatic N) is 1. The first-order chi connectivity index (χ1) is 12.5. The lowest BCUT2D eigenvalue weighted by Crippen LogP contribution is -2.25. The summed E-state index contributed by atoms with van der Waals surface area (Å²) in [6.45, 7) is 0. The summed E-state index contributed by atoms with van der Waals surface area (Å²) in [5.74, 6) is -2.25. The monoisotopic (exact) mass is 406 g/mol. The Bertz CT molecular complexity index is 944. The lowest BCUT2D eigenvalue weighted by Gasteiger charge is -2.14. The number of sulfonamides is 1. The Labute approximate surface area is 152 Å². The second-order valence-corrected chi connectivity index (χ2v) is 7.20. The third kappa shape index (κ3) is 4.62. The summed E-state index contributed by atoms with van der Waals surface area (Å²) in [4.78, 5) is 16.6. The summed E-state index contributed by atoms with van der Waals surface area (Å²) in [5.41, 5.74) is -1.78. The van der Waals surface area contributed by atoms with Crippen LogP contribution in [-0.2, 0) is 21.0 Å². The van der Waals surface area contributed by atoms with Crippen molar-refractivity contribution in [2.75, 3.05) is 19.5 Å². The van der Waals surface area contributed by atoms with E-state index in [1.54, 1.807) is 0 Å². The minimum Gasteiger partial charge on any atom is -0.322 e. The Morgan fingerprint density at radius 3 is 2.22 bits per heavy atom. The van der Waals surface area contributed by atoms with Gasteiger partial charge in [-0.3, -0.25) is 9.63 Å². The van der Waals surface area contributed by atoms with Crippen LogP contribution in [0, 0.1) is 5.82 Å². The molecule has 0 heterocycles. The van der Waals surface area contributed by atoms with Crippen LogP contribution in [0.1, 0.15) is 15.9 Å². The molecule has 0 unspecified atom stereocenters. The summed E-state index contributed by atoms with van der Waals surface area (Å²) < 4.78 is 76.2. The Hall–Kier alpha value is -2.50. The zero-order valence-corrected chi connectivity index (χ0v) is 14.9. The average Bonchev–Trinajstić information content (AvgIpc) is 2.61. The maximum Gasteiger partial charge on any atom is 0.419 e. The third-order valence-corrected chi connectivity index (χ3v) is 5.23. The van der Waals surface area contributed by atoms with Gasteiger partial charge in [0.15, 0.2) is 0 Å². The van der Waals surface area contributed by atoms with Gasteiger partial charge in [-0.25, -0.2) is 12.8 Å². The fraction of sp³-hybridized carbons (Fsp3) is 0.188. The van der Waals surface area contributed by atoms with Crippen LogP contribution in [0.25, 0.3) is 0 Å². The van der Waals surface area contributed by atoms with Gasteiger partial charge in [0, 0.05) is 18.3 Å². The van der Waals surface area contributed by atoms with Crippen LogP contribution in [-0.4, -0.2) is 33.0 Å². The van der Waals surface area contributed by atoms with Crippen molar-refractivity contribution in [2.24, 2.45) is 0 Å². The molecule has 0 radical (unpaired) electrons. The van der Waals surface area contributed by atoms with Gasteiger partial charge in [0.05, 0.1) is 17.6 Å². The van der Waals surface area contributed by atoms with E-state index in [0.29, 0.717) is 16.6 Å². The first-order valence-electron chi connectivity index (χ1n) is 7.28. The van der Waals surface area contributed by atoms with E-state index in [1.807, 2.05) is 0 Å². The van der Waals surface area contributed by atoms with Crippen molar-refractivity contribution in [3.05, 3.63) is 59.4 Å². The van der Waals surface area contributed by atoms with Crippen LogP contribution in [0.2, 0.25) is 0 Å². The molecule has 2 rings (SSSR count). The van der Waals surface area contributed by atoms with Gasteiger partial charge in [-0.05, 0) is 42.5 Å². The van der Waals surface area contributed by atoms with Crippen LogP contribution < -0.4 is 5.32 Å². The molecule has 1 N–H and O–H groups in total. The van der Waals surface area contributed by atoms with E-state index in [1.165, 1.54) is 19.2 Å². The van der Waals surface area contributed by atoms with E-state index in [-0.39, 0.29) is 16.1 Å². The average molecular weight is 406 g/mol. The fourth-order valence-electron chi connectivity index (χ4n) is 2.05. The highest BCUT2D eigenvalue weighted by Crippen LogP contribution is 2.33. The van der Waals surface area contributed by atoms with Crippen LogP contribution >= 0.6 is 0 Å². The van der Waals surface area contributed by atoms with E-state index >= 15 is 0 Å². The Morgan fingerprint density at radius 2 is 1.70 bits per heavy atom. The van der Waals surface area contributed by atoms with Crippen molar-refractivity contribution < 1.29 is 35.6 Å². The van der Waals surface area contributed by atoms with Crippen molar-refractivity contribution in [2.45, 2.75) is 11.1 Å². The number of carbonyl (C=O) groups is 1. The van der Waals surface area contributed by atoms with Crippen molar-refractivity contribution >= 4 is 21.6 Å². The second kappa shape index (κ2) is 7.62. The minimum absolute atomic E-state index is 0.00750. The number of nitrogens with one attached hydrogen (secondary N) is 1. The standard InChI is InChI=1S/C16H14F4N2O4S/c1-22(26-2)27(24,25)12-6-3-10(4-7-12)15(23)21-11-5-8-14(17)13(9-11)16(18,19)20/h3-9H,1-2H3,(H,21,23). The molecule has 0 aromatic heterocycles. The van der Waals surface area contributed by atoms with E-state index in [4.69, 9.17) is 0 Å². The number of amides is 1.